The number of benzene rings is 4. The Hall–Kier alpha value is -4.82. The third kappa shape index (κ3) is 13.9. The second kappa shape index (κ2) is 22.1. The molecule has 0 unspecified atom stereocenters. The number of para-hydroxylation sites is 2. The van der Waals surface area contributed by atoms with Crippen molar-refractivity contribution in [1.82, 2.24) is 29.9 Å². The minimum atomic E-state index is -5.14. The predicted octanol–water partition coefficient (Wildman–Crippen LogP) is -4.55. The van der Waals surface area contributed by atoms with Gasteiger partial charge in [0, 0.05) is 0 Å². The number of hydrogen-bond acceptors (Lipinski definition) is 16. The fourth-order valence-corrected chi connectivity index (χ4v) is 6.38. The van der Waals surface area contributed by atoms with E-state index >= 15 is 0 Å². The normalized spacial score (nSPS) is 12.9. The maximum atomic E-state index is 12.4. The fraction of sp³-hybridized carbons (Fsp3) is 0.111. The first-order valence-electron chi connectivity index (χ1n) is 16.9. The second-order valence-corrected chi connectivity index (χ2v) is 14.3. The van der Waals surface area contributed by atoms with Crippen molar-refractivity contribution >= 4 is 55.1 Å². The van der Waals surface area contributed by atoms with Gasteiger partial charge in [0.15, 0.2) is 0 Å². The Bertz CT molecular complexity index is 2760. The van der Waals surface area contributed by atoms with Crippen LogP contribution in [0.1, 0.15) is 11.1 Å². The van der Waals surface area contributed by atoms with Crippen molar-refractivity contribution in [3.8, 4) is 12.0 Å². The summed E-state index contributed by atoms with van der Waals surface area (Å²) in [6.45, 7) is -0.845. The first-order chi connectivity index (χ1) is 27.9. The van der Waals surface area contributed by atoms with Crippen molar-refractivity contribution in [3.63, 3.8) is 0 Å². The number of aromatic nitrogens is 6. The van der Waals surface area contributed by atoms with Crippen LogP contribution in [0.2, 0.25) is 0 Å². The molecule has 0 atom stereocenters. The molecule has 0 saturated heterocycles. The van der Waals surface area contributed by atoms with Crippen molar-refractivity contribution in [1.29, 1.82) is 0 Å². The van der Waals surface area contributed by atoms with Gasteiger partial charge in [0.2, 0.25) is 22.5 Å². The van der Waals surface area contributed by atoms with E-state index in [2.05, 4.69) is 49.9 Å². The van der Waals surface area contributed by atoms with Gasteiger partial charge in [-0.25, -0.2) is 36.8 Å². The number of nitrogens with zero attached hydrogens (tertiary/aromatic N) is 6. The van der Waals surface area contributed by atoms with E-state index in [0.717, 1.165) is 24.3 Å². The van der Waals surface area contributed by atoms with E-state index in [9.17, 15) is 36.2 Å². The van der Waals surface area contributed by atoms with E-state index in [0.29, 0.717) is 11.4 Å². The minimum Gasteiger partial charge on any atom is -0.744 e. The molecule has 4 aromatic carbocycles. The zero-order valence-corrected chi connectivity index (χ0v) is 37.5. The summed E-state index contributed by atoms with van der Waals surface area (Å²) < 4.78 is 85.4. The summed E-state index contributed by atoms with van der Waals surface area (Å²) in [4.78, 5) is 35.6. The summed E-state index contributed by atoms with van der Waals surface area (Å²) in [5, 5.41) is 18.4. The second-order valence-electron chi connectivity index (χ2n) is 11.6. The summed E-state index contributed by atoms with van der Waals surface area (Å²) in [6, 6.07) is 24.7. The molecule has 60 heavy (non-hydrogen) atoms. The van der Waals surface area contributed by atoms with Gasteiger partial charge in [-0.3, -0.25) is 19.9 Å². The Morgan fingerprint density at radius 3 is 1.28 bits per heavy atom. The van der Waals surface area contributed by atoms with Crippen molar-refractivity contribution < 1.29 is 105 Å². The van der Waals surface area contributed by atoms with Crippen molar-refractivity contribution in [3.05, 3.63) is 131 Å². The van der Waals surface area contributed by atoms with Gasteiger partial charge in [0.05, 0.1) is 45.8 Å². The largest absolute Gasteiger partial charge is 1.00 e. The van der Waals surface area contributed by atoms with Crippen molar-refractivity contribution in [2.24, 2.45) is 20.0 Å². The molecule has 2 heterocycles. The molecule has 0 amide bonds. The smallest absolute Gasteiger partial charge is 0.744 e. The van der Waals surface area contributed by atoms with Crippen LogP contribution in [-0.2, 0) is 20.2 Å². The number of aliphatic hydroxyl groups is 2. The number of aromatic amines is 4. The van der Waals surface area contributed by atoms with Crippen LogP contribution in [0.15, 0.2) is 127 Å². The molecule has 0 spiro atoms. The summed E-state index contributed by atoms with van der Waals surface area (Å²) in [6.07, 6.45) is 2.31. The summed E-state index contributed by atoms with van der Waals surface area (Å²) >= 11 is 0. The van der Waals surface area contributed by atoms with Crippen LogP contribution in [-0.4, -0.2) is 92.5 Å². The third-order valence-corrected chi connectivity index (χ3v) is 9.21. The Morgan fingerprint density at radius 2 is 0.933 bits per heavy atom. The molecule has 0 aliphatic heterocycles. The maximum Gasteiger partial charge on any atom is 1.00 e. The van der Waals surface area contributed by atoms with Crippen LogP contribution in [0.5, 0.6) is 12.0 Å². The molecular formula is C36H32N10Na2O10S2. The Balaban J connectivity index is 0.00000397. The molecule has 0 radical (unpaired) electrons. The average molecular weight is 875 g/mol. The van der Waals surface area contributed by atoms with Crippen LogP contribution in [0.3, 0.4) is 0 Å². The Kier molecular flexibility index (Phi) is 17.7. The van der Waals surface area contributed by atoms with Crippen LogP contribution in [0.4, 0.5) is 22.7 Å². The molecule has 0 bridgehead atoms. The quantitative estimate of drug-likeness (QED) is 0.0343. The zero-order valence-electron chi connectivity index (χ0n) is 31.9. The molecule has 6 aromatic rings. The predicted molar refractivity (Wildman–Crippen MR) is 203 cm³/mol. The van der Waals surface area contributed by atoms with E-state index in [1.54, 1.807) is 60.7 Å². The summed E-state index contributed by atoms with van der Waals surface area (Å²) in [5.41, 5.74) is 0.861. The van der Waals surface area contributed by atoms with Gasteiger partial charge in [-0.1, -0.05) is 60.7 Å². The van der Waals surface area contributed by atoms with E-state index in [1.165, 1.54) is 24.3 Å². The van der Waals surface area contributed by atoms with Crippen LogP contribution in [0.25, 0.3) is 12.2 Å². The number of nitrogens with one attached hydrogen (secondary N) is 4. The molecule has 0 saturated carbocycles. The molecule has 24 heteroatoms. The average Bonchev–Trinajstić information content (AvgIpc) is 3.19. The first-order valence-corrected chi connectivity index (χ1v) is 19.7. The van der Waals surface area contributed by atoms with Gasteiger partial charge >= 0.3 is 59.1 Å². The van der Waals surface area contributed by atoms with Crippen LogP contribution >= 0.6 is 0 Å². The SMILES string of the molecule is O=S(=O)([O-])c1cc(N=c2[nH]c(OCCO)nc(=Nc3ccccc3)[nH]2)ccc1/C=C/c1ccc(N=c2[nH]c(OCCO)nc(=Nc3ccccc3)[nH]2)cc1S(=O)(=O)[O-].[Na+].[Na+]. The van der Waals surface area contributed by atoms with Crippen molar-refractivity contribution in [2.45, 2.75) is 9.79 Å². The Labute approximate surface area is 385 Å². The molecular weight excluding hydrogens is 843 g/mol. The molecule has 300 valence electrons. The maximum absolute atomic E-state index is 12.4. The minimum absolute atomic E-state index is 0. The van der Waals surface area contributed by atoms with Crippen LogP contribution < -0.4 is 91.1 Å². The fourth-order valence-electron chi connectivity index (χ4n) is 5.00. The molecule has 6 N–H and O–H groups in total. The first kappa shape index (κ1) is 47.9. The topological polar surface area (TPSA) is 312 Å². The molecule has 2 aromatic heterocycles. The molecule has 6 rings (SSSR count). The van der Waals surface area contributed by atoms with Crippen LogP contribution in [0, 0.1) is 0 Å². The van der Waals surface area contributed by atoms with E-state index < -0.39 is 30.0 Å². The van der Waals surface area contributed by atoms with Gasteiger partial charge in [-0.2, -0.15) is 9.97 Å². The molecule has 0 fully saturated rings. The van der Waals surface area contributed by atoms with Gasteiger partial charge < -0.3 is 28.8 Å². The van der Waals surface area contributed by atoms with E-state index in [1.807, 2.05) is 0 Å². The zero-order chi connectivity index (χ0) is 41.1. The number of H-pyrrole nitrogens is 4. The standard InChI is InChI=1S/C36H34N10O10S2.2Na/c47-17-19-55-35-43-31(37-25-7-3-1-4-8-25)41-33(45-35)39-27-15-13-23(29(21-27)57(49,50)51)11-12-24-14-16-28(22-30(24)58(52,53)54)40-34-42-32(38-26-9-5-2-6-10-26)44-36(46-34)56-20-18-48;;/h1-16,21-22,47-48H,17-20H2,(H,49,50,51)(H,52,53,54)(H2,37,39,41,43,45)(H2,38,40,42,44,46);;/q;2*+1/p-2/b12-11+;;. The number of hydrogen-bond donors (Lipinski definition) is 6. The number of aliphatic hydroxyl groups excluding tert-OH is 2. The number of ether oxygens (including phenoxy) is 2. The molecule has 20 nitrogen and oxygen atoms in total. The van der Waals surface area contributed by atoms with Gasteiger partial charge in [0.1, 0.15) is 33.5 Å². The Morgan fingerprint density at radius 1 is 0.550 bits per heavy atom. The van der Waals surface area contributed by atoms with E-state index in [-0.39, 0.29) is 143 Å². The van der Waals surface area contributed by atoms with Gasteiger partial charge in [-0.05, 0) is 59.7 Å². The molecule has 0 aliphatic carbocycles. The monoisotopic (exact) mass is 874 g/mol. The summed E-state index contributed by atoms with van der Waals surface area (Å²) in [7, 11) is -10.3. The van der Waals surface area contributed by atoms with E-state index in [4.69, 9.17) is 9.47 Å². The third-order valence-electron chi connectivity index (χ3n) is 7.43. The summed E-state index contributed by atoms with van der Waals surface area (Å²) in [5.74, 6) is 0. The van der Waals surface area contributed by atoms with Gasteiger partial charge in [-0.15, -0.1) is 0 Å². The number of rotatable bonds is 14. The van der Waals surface area contributed by atoms with Crippen molar-refractivity contribution in [2.75, 3.05) is 26.4 Å². The van der Waals surface area contributed by atoms with Gasteiger partial charge in [0.25, 0.3) is 12.0 Å². The molecule has 0 aliphatic rings.